The predicted molar refractivity (Wildman–Crippen MR) is 246 cm³/mol. The number of aryl methyl sites for hydroxylation is 4. The highest BCUT2D eigenvalue weighted by Crippen LogP contribution is 2.38. The van der Waals surface area contributed by atoms with Gasteiger partial charge in [0, 0.05) is 32.5 Å². The molecule has 0 radical (unpaired) electrons. The molecule has 18 nitrogen and oxygen atoms in total. The third kappa shape index (κ3) is 9.71. The molecule has 4 aromatic carbocycles. The lowest BCUT2D eigenvalue weighted by atomic mass is 9.84. The Morgan fingerprint density at radius 3 is 2.56 bits per heavy atom. The number of sulfonamides is 1. The maximum atomic E-state index is 14.3. The minimum absolute atomic E-state index is 0.00197. The highest BCUT2D eigenvalue weighted by Gasteiger charge is 2.46. The molecule has 1 unspecified atom stereocenters. The van der Waals surface area contributed by atoms with E-state index in [0.717, 1.165) is 63.1 Å². The van der Waals surface area contributed by atoms with Crippen molar-refractivity contribution in [2.24, 2.45) is 7.05 Å². The predicted octanol–water partition coefficient (Wildman–Crippen LogP) is 4.86. The number of carboxylic acid groups (broad SMARTS) is 1. The fourth-order valence-corrected chi connectivity index (χ4v) is 10.8. The molecule has 19 heteroatoms. The van der Waals surface area contributed by atoms with E-state index in [4.69, 9.17) is 9.47 Å². The van der Waals surface area contributed by atoms with Gasteiger partial charge in [-0.15, -0.1) is 5.10 Å². The average Bonchev–Trinajstić information content (AvgIpc) is 3.77. The van der Waals surface area contributed by atoms with Crippen LogP contribution in [0.1, 0.15) is 112 Å². The number of rotatable bonds is 17. The zero-order valence-electron chi connectivity index (χ0n) is 38.2. The van der Waals surface area contributed by atoms with Gasteiger partial charge in [-0.3, -0.25) is 39.0 Å². The molecule has 1 fully saturated rings. The maximum absolute atomic E-state index is 14.3. The molecule has 0 aliphatic carbocycles. The molecule has 5 amide bonds. The molecule has 4 heterocycles. The molecule has 3 aliphatic heterocycles. The van der Waals surface area contributed by atoms with E-state index in [9.17, 15) is 42.3 Å². The van der Waals surface area contributed by atoms with Gasteiger partial charge in [0.25, 0.3) is 17.7 Å². The van der Waals surface area contributed by atoms with Crippen molar-refractivity contribution >= 4 is 56.6 Å². The van der Waals surface area contributed by atoms with Crippen molar-refractivity contribution in [2.45, 2.75) is 102 Å². The summed E-state index contributed by atoms with van der Waals surface area (Å²) in [5.41, 5.74) is 6.53. The number of benzene rings is 4. The van der Waals surface area contributed by atoms with E-state index in [0.29, 0.717) is 30.7 Å². The van der Waals surface area contributed by atoms with Crippen LogP contribution in [0.25, 0.3) is 11.0 Å². The number of aliphatic carboxylic acids is 1. The van der Waals surface area contributed by atoms with Crippen molar-refractivity contribution in [3.8, 4) is 11.5 Å². The van der Waals surface area contributed by atoms with Gasteiger partial charge in [-0.25, -0.2) is 13.1 Å². The van der Waals surface area contributed by atoms with Crippen LogP contribution >= 0.6 is 0 Å². The lowest BCUT2D eigenvalue weighted by molar-refractivity contribution is -0.138. The molecule has 3 atom stereocenters. The van der Waals surface area contributed by atoms with Gasteiger partial charge in [0.1, 0.15) is 34.1 Å². The molecule has 5 aromatic rings. The summed E-state index contributed by atoms with van der Waals surface area (Å²) in [4.78, 5) is 76.2. The summed E-state index contributed by atoms with van der Waals surface area (Å²) in [6, 6.07) is 18.1. The van der Waals surface area contributed by atoms with E-state index in [1.165, 1.54) is 22.5 Å². The van der Waals surface area contributed by atoms with Crippen LogP contribution in [0.4, 0.5) is 0 Å². The van der Waals surface area contributed by atoms with Gasteiger partial charge in [-0.1, -0.05) is 54.5 Å². The van der Waals surface area contributed by atoms with E-state index < -0.39 is 70.2 Å². The van der Waals surface area contributed by atoms with Crippen molar-refractivity contribution in [3.05, 3.63) is 111 Å². The lowest BCUT2D eigenvalue weighted by Gasteiger charge is -2.27. The number of aromatic nitrogens is 3. The van der Waals surface area contributed by atoms with Gasteiger partial charge in [-0.2, -0.15) is 4.31 Å². The van der Waals surface area contributed by atoms with Crippen molar-refractivity contribution in [1.29, 1.82) is 0 Å². The van der Waals surface area contributed by atoms with Crippen molar-refractivity contribution in [2.75, 3.05) is 19.7 Å². The Kier molecular flexibility index (Phi) is 13.8. The number of hydrogen-bond donors (Lipinski definition) is 3. The lowest BCUT2D eigenvalue weighted by Crippen LogP contribution is -2.54. The number of amides is 5. The monoisotopic (exact) mass is 947 g/mol. The minimum Gasteiger partial charge on any atom is -0.488 e. The van der Waals surface area contributed by atoms with Crippen LogP contribution in [0.3, 0.4) is 0 Å². The van der Waals surface area contributed by atoms with Crippen LogP contribution in [0.5, 0.6) is 11.5 Å². The smallest absolute Gasteiger partial charge is 0.304 e. The quantitative estimate of drug-likeness (QED) is 0.0835. The van der Waals surface area contributed by atoms with E-state index >= 15 is 0 Å². The molecule has 68 heavy (non-hydrogen) atoms. The number of imide groups is 2. The molecular weight excluding hydrogens is 895 g/mol. The summed E-state index contributed by atoms with van der Waals surface area (Å²) in [5, 5.41) is 23.4. The zero-order valence-corrected chi connectivity index (χ0v) is 39.1. The molecule has 3 N–H and O–H groups in total. The first kappa shape index (κ1) is 47.5. The fourth-order valence-electron chi connectivity index (χ4n) is 9.25. The van der Waals surface area contributed by atoms with Gasteiger partial charge in [-0.05, 0) is 110 Å². The van der Waals surface area contributed by atoms with Gasteiger partial charge in [0.15, 0.2) is 6.61 Å². The van der Waals surface area contributed by atoms with Gasteiger partial charge < -0.3 is 19.9 Å². The second kappa shape index (κ2) is 19.7. The molecule has 1 saturated heterocycles. The van der Waals surface area contributed by atoms with E-state index in [-0.39, 0.29) is 54.1 Å². The minimum atomic E-state index is -4.00. The van der Waals surface area contributed by atoms with E-state index in [1.807, 2.05) is 57.2 Å². The number of nitrogens with one attached hydrogen (secondary N) is 2. The Balaban J connectivity index is 0.827. The number of ether oxygens (including phenoxy) is 2. The van der Waals surface area contributed by atoms with E-state index in [2.05, 4.69) is 20.9 Å². The van der Waals surface area contributed by atoms with Crippen molar-refractivity contribution in [1.82, 2.24) is 34.8 Å². The molecule has 0 bridgehead atoms. The first-order valence-corrected chi connectivity index (χ1v) is 24.1. The van der Waals surface area contributed by atoms with Crippen molar-refractivity contribution in [3.63, 3.8) is 0 Å². The van der Waals surface area contributed by atoms with Crippen molar-refractivity contribution < 1.29 is 51.8 Å². The average molecular weight is 948 g/mol. The normalized spacial score (nSPS) is 18.4. The summed E-state index contributed by atoms with van der Waals surface area (Å²) >= 11 is 0. The van der Waals surface area contributed by atoms with Crippen LogP contribution in [-0.2, 0) is 49.2 Å². The molecule has 1 aromatic heterocycles. The van der Waals surface area contributed by atoms with E-state index in [1.54, 1.807) is 23.9 Å². The number of hydrogen-bond acceptors (Lipinski definition) is 12. The summed E-state index contributed by atoms with van der Waals surface area (Å²) in [7, 11) is -2.20. The standard InChI is InChI=1S/C49H53N7O11S/c1-28-13-15-32(36(24-44(59)60)34-16-17-37-46(30(34)3)52-53-54(37)4)23-33(28)26-55-25-29(2)67-40-22-31(14-19-41(40)68(55,64)65)10-7-5-6-8-21-50-43(58)27-66-39-12-9-11-35-45(39)49(63)56(48(35)62)38-18-20-42(57)51-47(38)61/h9,11-17,19,22-23,29,36,38H,5-8,10,18,20-21,24-27H2,1-4H3,(H,50,58)(H,59,60)(H,51,57,61)/t29-,36+,38?/m1/s1. The number of piperidine rings is 1. The molecule has 8 rings (SSSR count). The first-order chi connectivity index (χ1) is 32.5. The van der Waals surface area contributed by atoms with Gasteiger partial charge in [0.05, 0.1) is 29.6 Å². The number of carbonyl (C=O) groups is 6. The summed E-state index contributed by atoms with van der Waals surface area (Å²) in [6.07, 6.45) is 3.26. The summed E-state index contributed by atoms with van der Waals surface area (Å²) in [5.74, 6) is -4.11. The number of carboxylic acids is 1. The van der Waals surface area contributed by atoms with Crippen LogP contribution in [0.2, 0.25) is 0 Å². The van der Waals surface area contributed by atoms with Crippen LogP contribution in [0.15, 0.2) is 71.6 Å². The Morgan fingerprint density at radius 1 is 0.985 bits per heavy atom. The van der Waals surface area contributed by atoms with Crippen LogP contribution in [-0.4, -0.2) is 105 Å². The summed E-state index contributed by atoms with van der Waals surface area (Å²) in [6.45, 7) is 5.83. The first-order valence-electron chi connectivity index (χ1n) is 22.7. The number of fused-ring (bicyclic) bond motifs is 3. The second-order valence-electron chi connectivity index (χ2n) is 17.6. The molecular formula is C49H53N7O11S. The molecule has 3 aliphatic rings. The Labute approximate surface area is 393 Å². The summed E-state index contributed by atoms with van der Waals surface area (Å²) < 4.78 is 43.6. The zero-order chi connectivity index (χ0) is 48.4. The Morgan fingerprint density at radius 2 is 1.78 bits per heavy atom. The molecule has 0 saturated carbocycles. The Bertz CT molecular complexity index is 2970. The van der Waals surface area contributed by atoms with Crippen LogP contribution in [0, 0.1) is 13.8 Å². The highest BCUT2D eigenvalue weighted by atomic mass is 32.2. The topological polar surface area (TPSA) is 236 Å². The SMILES string of the molecule is Cc1ccc([C@H](CC(=O)O)c2ccc3c(nnn3C)c2C)cc1CN1C[C@@H](C)Oc2cc(CCCCCCNC(=O)COc3cccc4c3C(=O)N(C3CCC(=O)NC3=O)C4=O)ccc2S1(=O)=O. The fraction of sp³-hybridized carbons (Fsp3) is 0.388. The van der Waals surface area contributed by atoms with Crippen LogP contribution < -0.4 is 20.1 Å². The number of carbonyl (C=O) groups excluding carboxylic acids is 5. The van der Waals surface area contributed by atoms with Gasteiger partial charge in [0.2, 0.25) is 21.8 Å². The second-order valence-corrected chi connectivity index (χ2v) is 19.5. The highest BCUT2D eigenvalue weighted by molar-refractivity contribution is 7.89. The molecule has 0 spiro atoms. The third-order valence-electron chi connectivity index (χ3n) is 12.9. The van der Waals surface area contributed by atoms with Gasteiger partial charge >= 0.3 is 5.97 Å². The maximum Gasteiger partial charge on any atom is 0.304 e. The number of nitrogens with zero attached hydrogens (tertiary/aromatic N) is 5. The Hall–Kier alpha value is -6.99. The molecule has 356 valence electrons. The largest absolute Gasteiger partial charge is 0.488 e. The third-order valence-corrected chi connectivity index (χ3v) is 14.7. The number of unbranched alkanes of at least 4 members (excludes halogenated alkanes) is 3.